The van der Waals surface area contributed by atoms with Crippen LogP contribution >= 0.6 is 46.1 Å². The van der Waals surface area contributed by atoms with Crippen molar-refractivity contribution in [1.82, 2.24) is 4.98 Å². The number of hydrogen-bond acceptors (Lipinski definition) is 2. The molecule has 0 N–H and O–H groups in total. The molecule has 11 heavy (non-hydrogen) atoms. The fourth-order valence-corrected chi connectivity index (χ4v) is 1.93. The molecule has 0 aromatic carbocycles. The van der Waals surface area contributed by atoms with Crippen molar-refractivity contribution >= 4 is 52.2 Å². The van der Waals surface area contributed by atoms with Gasteiger partial charge in [0.25, 0.3) is 0 Å². The lowest BCUT2D eigenvalue weighted by molar-refractivity contribution is 1.42. The third kappa shape index (κ3) is 2.64. The predicted octanol–water partition coefficient (Wildman–Crippen LogP) is 3.70. The molecule has 0 saturated heterocycles. The molecule has 0 aliphatic rings. The maximum Gasteiger partial charge on any atom is 0.185 e. The highest BCUT2D eigenvalue weighted by Gasteiger charge is 2.02. The van der Waals surface area contributed by atoms with Gasteiger partial charge < -0.3 is 0 Å². The Balaban J connectivity index is 2.85. The van der Waals surface area contributed by atoms with Gasteiger partial charge in [-0.3, -0.25) is 0 Å². The SMILES string of the molecule is ClCC=Cc1sc(Cl)nc1Cl. The van der Waals surface area contributed by atoms with E-state index >= 15 is 0 Å². The molecule has 0 fully saturated rings. The third-order valence-electron chi connectivity index (χ3n) is 0.942. The Morgan fingerprint density at radius 1 is 1.45 bits per heavy atom. The van der Waals surface area contributed by atoms with Crippen LogP contribution in [-0.4, -0.2) is 10.9 Å². The normalized spacial score (nSPS) is 11.2. The molecule has 0 amide bonds. The average molecular weight is 229 g/mol. The van der Waals surface area contributed by atoms with Crippen molar-refractivity contribution in [1.29, 1.82) is 0 Å². The van der Waals surface area contributed by atoms with E-state index in [1.807, 2.05) is 0 Å². The fraction of sp³-hybridized carbons (Fsp3) is 0.167. The highest BCUT2D eigenvalue weighted by molar-refractivity contribution is 7.17. The Kier molecular flexibility index (Phi) is 3.66. The van der Waals surface area contributed by atoms with Crippen molar-refractivity contribution in [3.63, 3.8) is 0 Å². The fourth-order valence-electron chi connectivity index (χ4n) is 0.542. The van der Waals surface area contributed by atoms with Gasteiger partial charge in [-0.2, -0.15) is 0 Å². The van der Waals surface area contributed by atoms with Crippen LogP contribution in [0.15, 0.2) is 6.08 Å². The van der Waals surface area contributed by atoms with Gasteiger partial charge in [-0.1, -0.05) is 29.3 Å². The van der Waals surface area contributed by atoms with Gasteiger partial charge in [-0.15, -0.1) is 22.9 Å². The van der Waals surface area contributed by atoms with Crippen LogP contribution in [0.1, 0.15) is 4.88 Å². The zero-order valence-electron chi connectivity index (χ0n) is 5.35. The van der Waals surface area contributed by atoms with E-state index in [4.69, 9.17) is 34.8 Å². The summed E-state index contributed by atoms with van der Waals surface area (Å²) in [5.74, 6) is 0.464. The average Bonchev–Trinajstić information content (AvgIpc) is 2.26. The van der Waals surface area contributed by atoms with E-state index in [2.05, 4.69) is 4.98 Å². The van der Waals surface area contributed by atoms with Crippen molar-refractivity contribution in [2.75, 3.05) is 5.88 Å². The van der Waals surface area contributed by atoms with E-state index in [0.717, 1.165) is 4.88 Å². The van der Waals surface area contributed by atoms with Crippen LogP contribution in [0, 0.1) is 0 Å². The first-order valence-corrected chi connectivity index (χ1v) is 4.89. The van der Waals surface area contributed by atoms with Crippen molar-refractivity contribution in [2.24, 2.45) is 0 Å². The van der Waals surface area contributed by atoms with Gasteiger partial charge in [0.2, 0.25) is 0 Å². The van der Waals surface area contributed by atoms with Crippen LogP contribution in [0.2, 0.25) is 9.62 Å². The first-order chi connectivity index (χ1) is 5.24. The second kappa shape index (κ2) is 4.31. The number of alkyl halides is 1. The lowest BCUT2D eigenvalue weighted by Gasteiger charge is -1.81. The zero-order chi connectivity index (χ0) is 8.27. The molecule has 0 aliphatic carbocycles. The number of hydrogen-bond donors (Lipinski definition) is 0. The number of thiazole rings is 1. The summed E-state index contributed by atoms with van der Waals surface area (Å²) in [6.45, 7) is 0. The minimum absolute atomic E-state index is 0.432. The smallest absolute Gasteiger partial charge is 0.185 e. The van der Waals surface area contributed by atoms with Crippen molar-refractivity contribution in [2.45, 2.75) is 0 Å². The molecule has 1 aromatic rings. The van der Waals surface area contributed by atoms with E-state index in [0.29, 0.717) is 15.5 Å². The molecule has 0 aliphatic heterocycles. The molecule has 0 spiro atoms. The first-order valence-electron chi connectivity index (χ1n) is 2.78. The molecule has 60 valence electrons. The largest absolute Gasteiger partial charge is 0.212 e. The zero-order valence-corrected chi connectivity index (χ0v) is 8.44. The van der Waals surface area contributed by atoms with Crippen molar-refractivity contribution in [3.8, 4) is 0 Å². The van der Waals surface area contributed by atoms with E-state index in [1.165, 1.54) is 11.3 Å². The summed E-state index contributed by atoms with van der Waals surface area (Å²) in [7, 11) is 0. The Labute approximate surface area is 83.6 Å². The molecular formula is C6H4Cl3NS. The molecule has 1 aromatic heterocycles. The number of rotatable bonds is 2. The van der Waals surface area contributed by atoms with Gasteiger partial charge >= 0.3 is 0 Å². The Hall–Kier alpha value is 0.240. The van der Waals surface area contributed by atoms with Crippen LogP contribution in [0.4, 0.5) is 0 Å². The second-order valence-electron chi connectivity index (χ2n) is 1.68. The van der Waals surface area contributed by atoms with Crippen LogP contribution < -0.4 is 0 Å². The van der Waals surface area contributed by atoms with Gasteiger partial charge in [0.1, 0.15) is 5.15 Å². The maximum absolute atomic E-state index is 5.70. The first kappa shape index (κ1) is 9.33. The van der Waals surface area contributed by atoms with Gasteiger partial charge in [-0.05, 0) is 6.08 Å². The summed E-state index contributed by atoms with van der Waals surface area (Å²) in [6, 6.07) is 0. The molecule has 0 bridgehead atoms. The lowest BCUT2D eigenvalue weighted by atomic mass is 10.5. The molecule has 0 saturated carbocycles. The van der Waals surface area contributed by atoms with Gasteiger partial charge in [0.15, 0.2) is 4.47 Å². The molecule has 1 nitrogen and oxygen atoms in total. The number of aromatic nitrogens is 1. The lowest BCUT2D eigenvalue weighted by Crippen LogP contribution is -1.65. The summed E-state index contributed by atoms with van der Waals surface area (Å²) in [5.41, 5.74) is 0. The molecular weight excluding hydrogens is 224 g/mol. The molecule has 5 heteroatoms. The Morgan fingerprint density at radius 2 is 2.18 bits per heavy atom. The minimum atomic E-state index is 0.432. The topological polar surface area (TPSA) is 12.9 Å². The van der Waals surface area contributed by atoms with E-state index < -0.39 is 0 Å². The van der Waals surface area contributed by atoms with E-state index in [-0.39, 0.29) is 0 Å². The standard InChI is InChI=1S/C6H4Cl3NS/c7-3-1-2-4-5(8)10-6(9)11-4/h1-2H,3H2. The molecule has 1 heterocycles. The van der Waals surface area contributed by atoms with Gasteiger partial charge in [0.05, 0.1) is 4.88 Å². The molecule has 0 radical (unpaired) electrons. The predicted molar refractivity (Wildman–Crippen MR) is 51.9 cm³/mol. The number of nitrogens with zero attached hydrogens (tertiary/aromatic N) is 1. The monoisotopic (exact) mass is 227 g/mol. The van der Waals surface area contributed by atoms with Gasteiger partial charge in [-0.25, -0.2) is 4.98 Å². The van der Waals surface area contributed by atoms with Crippen LogP contribution in [0.3, 0.4) is 0 Å². The maximum atomic E-state index is 5.70. The highest BCUT2D eigenvalue weighted by atomic mass is 35.5. The van der Waals surface area contributed by atoms with Crippen LogP contribution in [-0.2, 0) is 0 Å². The van der Waals surface area contributed by atoms with E-state index in [9.17, 15) is 0 Å². The number of allylic oxidation sites excluding steroid dienone is 1. The summed E-state index contributed by atoms with van der Waals surface area (Å²) in [4.78, 5) is 4.66. The minimum Gasteiger partial charge on any atom is -0.212 e. The third-order valence-corrected chi connectivity index (χ3v) is 2.65. The van der Waals surface area contributed by atoms with Crippen molar-refractivity contribution in [3.05, 3.63) is 20.6 Å². The van der Waals surface area contributed by atoms with Crippen LogP contribution in [0.5, 0.6) is 0 Å². The Morgan fingerprint density at radius 3 is 2.64 bits per heavy atom. The summed E-state index contributed by atoms with van der Waals surface area (Å²) in [5, 5.41) is 0.432. The summed E-state index contributed by atoms with van der Waals surface area (Å²) < 4.78 is 0.448. The number of halogens is 3. The molecule has 0 unspecified atom stereocenters. The quantitative estimate of drug-likeness (QED) is 0.704. The van der Waals surface area contributed by atoms with Crippen LogP contribution in [0.25, 0.3) is 6.08 Å². The summed E-state index contributed by atoms with van der Waals surface area (Å²) in [6.07, 6.45) is 3.59. The summed E-state index contributed by atoms with van der Waals surface area (Å²) >= 11 is 18.1. The Bertz CT molecular complexity index is 269. The highest BCUT2D eigenvalue weighted by Crippen LogP contribution is 2.27. The molecule has 0 atom stereocenters. The second-order valence-corrected chi connectivity index (χ2v) is 3.96. The van der Waals surface area contributed by atoms with E-state index in [1.54, 1.807) is 12.2 Å². The molecule has 1 rings (SSSR count). The van der Waals surface area contributed by atoms with Gasteiger partial charge in [0, 0.05) is 5.88 Å². The van der Waals surface area contributed by atoms with Crippen molar-refractivity contribution < 1.29 is 0 Å².